The highest BCUT2D eigenvalue weighted by atomic mass is 79.9. The van der Waals surface area contributed by atoms with E-state index in [0.29, 0.717) is 10.7 Å². The molecule has 1 aromatic carbocycles. The third-order valence-electron chi connectivity index (χ3n) is 2.86. The van der Waals surface area contributed by atoms with E-state index in [9.17, 15) is 4.79 Å². The third kappa shape index (κ3) is 3.64. The Hall–Kier alpha value is -1.26. The van der Waals surface area contributed by atoms with E-state index in [0.717, 1.165) is 28.7 Å². The van der Waals surface area contributed by atoms with Crippen molar-refractivity contribution in [2.24, 2.45) is 0 Å². The normalized spacial score (nSPS) is 10.6. The molecule has 0 unspecified atom stereocenters. The Labute approximate surface area is 132 Å². The third-order valence-corrected chi connectivity index (χ3v) is 3.52. The van der Waals surface area contributed by atoms with Gasteiger partial charge in [-0.15, -0.1) is 0 Å². The van der Waals surface area contributed by atoms with Gasteiger partial charge in [0.05, 0.1) is 5.02 Å². The number of carbonyl (C=O) groups is 1. The maximum Gasteiger partial charge on any atom is 0.272 e. The first kappa shape index (κ1) is 15.1. The molecule has 0 atom stereocenters. The Morgan fingerprint density at radius 2 is 2.10 bits per heavy atom. The number of nitrogens with one attached hydrogen (secondary N) is 1. The maximum absolute atomic E-state index is 12.3. The molecule has 3 nitrogen and oxygen atoms in total. The number of anilines is 1. The molecule has 0 fully saturated rings. The molecule has 1 amide bonds. The smallest absolute Gasteiger partial charge is 0.272 e. The average molecular weight is 356 g/mol. The van der Waals surface area contributed by atoms with Gasteiger partial charge in [-0.25, -0.2) is 0 Å². The summed E-state index contributed by atoms with van der Waals surface area (Å²) in [5.41, 5.74) is 2.42. The molecular weight excluding hydrogens is 340 g/mol. The zero-order valence-electron chi connectivity index (χ0n) is 11.4. The van der Waals surface area contributed by atoms with Gasteiger partial charge in [0, 0.05) is 22.9 Å². The van der Waals surface area contributed by atoms with E-state index in [2.05, 4.69) is 28.2 Å². The quantitative estimate of drug-likeness (QED) is 0.833. The monoisotopic (exact) mass is 354 g/mol. The van der Waals surface area contributed by atoms with E-state index < -0.39 is 0 Å². The molecule has 1 N–H and O–H groups in total. The average Bonchev–Trinajstić information content (AvgIpc) is 2.69. The maximum atomic E-state index is 12.3. The summed E-state index contributed by atoms with van der Waals surface area (Å²) in [4.78, 5) is 12.3. The Morgan fingerprint density at radius 3 is 2.75 bits per heavy atom. The van der Waals surface area contributed by atoms with Crippen LogP contribution in [0.2, 0.25) is 5.02 Å². The predicted molar refractivity (Wildman–Crippen MR) is 86.6 cm³/mol. The van der Waals surface area contributed by atoms with Crippen molar-refractivity contribution in [1.82, 2.24) is 4.57 Å². The number of halogens is 2. The van der Waals surface area contributed by atoms with Gasteiger partial charge in [-0.3, -0.25) is 4.79 Å². The lowest BCUT2D eigenvalue weighted by Crippen LogP contribution is -2.16. The Balaban J connectivity index is 2.23. The van der Waals surface area contributed by atoms with Gasteiger partial charge in [0.1, 0.15) is 5.69 Å². The minimum Gasteiger partial charge on any atom is -0.342 e. The SMILES string of the molecule is CCCn1cc(Cl)cc1C(=O)Nc1cc(C)cc(Br)c1. The van der Waals surface area contributed by atoms with Crippen molar-refractivity contribution in [2.75, 3.05) is 5.32 Å². The highest BCUT2D eigenvalue weighted by Gasteiger charge is 2.13. The van der Waals surface area contributed by atoms with Gasteiger partial charge in [-0.2, -0.15) is 0 Å². The topological polar surface area (TPSA) is 34.0 Å². The summed E-state index contributed by atoms with van der Waals surface area (Å²) in [5.74, 6) is -0.150. The lowest BCUT2D eigenvalue weighted by molar-refractivity contribution is 0.101. The molecule has 0 spiro atoms. The molecule has 20 heavy (non-hydrogen) atoms. The Kier molecular flexibility index (Phi) is 4.89. The predicted octanol–water partition coefficient (Wildman–Crippen LogP) is 4.87. The van der Waals surface area contributed by atoms with E-state index in [-0.39, 0.29) is 5.91 Å². The van der Waals surface area contributed by atoms with Gasteiger partial charge in [0.15, 0.2) is 0 Å². The molecule has 0 aliphatic rings. The van der Waals surface area contributed by atoms with Crippen LogP contribution in [-0.4, -0.2) is 10.5 Å². The summed E-state index contributed by atoms with van der Waals surface area (Å²) in [7, 11) is 0. The molecule has 2 rings (SSSR count). The molecule has 2 aromatic rings. The van der Waals surface area contributed by atoms with Crippen molar-refractivity contribution in [2.45, 2.75) is 26.8 Å². The van der Waals surface area contributed by atoms with Crippen LogP contribution in [-0.2, 0) is 6.54 Å². The van der Waals surface area contributed by atoms with E-state index in [1.54, 1.807) is 12.3 Å². The number of hydrogen-bond donors (Lipinski definition) is 1. The number of hydrogen-bond acceptors (Lipinski definition) is 1. The lowest BCUT2D eigenvalue weighted by Gasteiger charge is -2.09. The second kappa shape index (κ2) is 6.46. The summed E-state index contributed by atoms with van der Waals surface area (Å²) in [6, 6.07) is 7.49. The van der Waals surface area contributed by atoms with E-state index in [1.165, 1.54) is 0 Å². The number of nitrogens with zero attached hydrogens (tertiary/aromatic N) is 1. The second-order valence-electron chi connectivity index (χ2n) is 4.71. The van der Waals surface area contributed by atoms with Crippen LogP contribution in [0.4, 0.5) is 5.69 Å². The van der Waals surface area contributed by atoms with Crippen molar-refractivity contribution in [3.63, 3.8) is 0 Å². The summed E-state index contributed by atoms with van der Waals surface area (Å²) in [6.07, 6.45) is 2.73. The fraction of sp³-hybridized carbons (Fsp3) is 0.267. The first-order valence-corrected chi connectivity index (χ1v) is 7.61. The summed E-state index contributed by atoms with van der Waals surface area (Å²) >= 11 is 9.42. The first-order chi connectivity index (χ1) is 9.49. The highest BCUT2D eigenvalue weighted by molar-refractivity contribution is 9.10. The zero-order valence-corrected chi connectivity index (χ0v) is 13.8. The molecule has 0 radical (unpaired) electrons. The van der Waals surface area contributed by atoms with Crippen molar-refractivity contribution >= 4 is 39.1 Å². The number of aryl methyl sites for hydroxylation is 2. The summed E-state index contributed by atoms with van der Waals surface area (Å²) in [6.45, 7) is 4.82. The van der Waals surface area contributed by atoms with Crippen LogP contribution in [0.15, 0.2) is 34.9 Å². The fourth-order valence-corrected chi connectivity index (χ4v) is 2.92. The van der Waals surface area contributed by atoms with Crippen LogP contribution in [0.1, 0.15) is 29.4 Å². The van der Waals surface area contributed by atoms with Crippen molar-refractivity contribution < 1.29 is 4.79 Å². The molecule has 5 heteroatoms. The molecule has 0 aliphatic heterocycles. The molecule has 1 aromatic heterocycles. The van der Waals surface area contributed by atoms with Crippen LogP contribution in [0.5, 0.6) is 0 Å². The van der Waals surface area contributed by atoms with Crippen LogP contribution in [0, 0.1) is 6.92 Å². The Bertz CT molecular complexity index is 617. The van der Waals surface area contributed by atoms with E-state index in [4.69, 9.17) is 11.6 Å². The molecular formula is C15H16BrClN2O. The van der Waals surface area contributed by atoms with Gasteiger partial charge < -0.3 is 9.88 Å². The molecule has 0 saturated carbocycles. The van der Waals surface area contributed by atoms with E-state index >= 15 is 0 Å². The highest BCUT2D eigenvalue weighted by Crippen LogP contribution is 2.21. The lowest BCUT2D eigenvalue weighted by atomic mass is 10.2. The molecule has 0 aliphatic carbocycles. The number of benzene rings is 1. The van der Waals surface area contributed by atoms with Gasteiger partial charge in [0.25, 0.3) is 5.91 Å². The first-order valence-electron chi connectivity index (χ1n) is 6.44. The Morgan fingerprint density at radius 1 is 1.35 bits per heavy atom. The molecule has 1 heterocycles. The fourth-order valence-electron chi connectivity index (χ4n) is 2.09. The standard InChI is InChI=1S/C15H16BrClN2O/c1-3-4-19-9-12(17)8-14(19)15(20)18-13-6-10(2)5-11(16)7-13/h5-9H,3-4H2,1-2H3,(H,18,20). The molecule has 0 saturated heterocycles. The van der Waals surface area contributed by atoms with Crippen LogP contribution < -0.4 is 5.32 Å². The van der Waals surface area contributed by atoms with Crippen LogP contribution >= 0.6 is 27.5 Å². The number of amides is 1. The van der Waals surface area contributed by atoms with E-state index in [1.807, 2.05) is 29.7 Å². The van der Waals surface area contributed by atoms with Crippen LogP contribution in [0.3, 0.4) is 0 Å². The minimum atomic E-state index is -0.150. The largest absolute Gasteiger partial charge is 0.342 e. The summed E-state index contributed by atoms with van der Waals surface area (Å²) < 4.78 is 2.82. The summed E-state index contributed by atoms with van der Waals surface area (Å²) in [5, 5.41) is 3.48. The van der Waals surface area contributed by atoms with Gasteiger partial charge in [0.2, 0.25) is 0 Å². The second-order valence-corrected chi connectivity index (χ2v) is 6.06. The number of aromatic nitrogens is 1. The van der Waals surface area contributed by atoms with Crippen molar-refractivity contribution in [1.29, 1.82) is 0 Å². The molecule has 0 bridgehead atoms. The van der Waals surface area contributed by atoms with Crippen LogP contribution in [0.25, 0.3) is 0 Å². The van der Waals surface area contributed by atoms with Gasteiger partial charge in [-0.05, 0) is 43.2 Å². The zero-order chi connectivity index (χ0) is 14.7. The van der Waals surface area contributed by atoms with Gasteiger partial charge in [-0.1, -0.05) is 34.5 Å². The van der Waals surface area contributed by atoms with Gasteiger partial charge >= 0.3 is 0 Å². The van der Waals surface area contributed by atoms with Crippen molar-refractivity contribution in [3.05, 3.63) is 51.2 Å². The minimum absolute atomic E-state index is 0.150. The molecule has 106 valence electrons. The van der Waals surface area contributed by atoms with Crippen molar-refractivity contribution in [3.8, 4) is 0 Å². The number of carbonyl (C=O) groups excluding carboxylic acids is 1. The number of rotatable bonds is 4.